The van der Waals surface area contributed by atoms with Gasteiger partial charge in [0.1, 0.15) is 6.04 Å². The Balaban J connectivity index is 1.37. The topological polar surface area (TPSA) is 81.2 Å². The molecule has 3 amide bonds. The van der Waals surface area contributed by atoms with Crippen molar-refractivity contribution in [1.82, 2.24) is 4.90 Å². The molecule has 6 atom stereocenters. The number of aliphatic hydroxyl groups is 1. The van der Waals surface area contributed by atoms with Gasteiger partial charge in [0.2, 0.25) is 11.8 Å². The van der Waals surface area contributed by atoms with Crippen molar-refractivity contribution < 1.29 is 19.5 Å². The number of benzene rings is 4. The van der Waals surface area contributed by atoms with E-state index in [4.69, 9.17) is 0 Å². The first-order valence-corrected chi connectivity index (χ1v) is 17.7. The first-order valence-electron chi connectivity index (χ1n) is 16.8. The highest BCUT2D eigenvalue weighted by Crippen LogP contribution is 2.72. The molecule has 3 aliphatic rings. The molecule has 0 aliphatic carbocycles. The number of para-hydroxylation sites is 1. The summed E-state index contributed by atoms with van der Waals surface area (Å²) >= 11 is 1.63. The maximum absolute atomic E-state index is 15.3. The van der Waals surface area contributed by atoms with Crippen LogP contribution in [0.3, 0.4) is 0 Å². The lowest BCUT2D eigenvalue weighted by molar-refractivity contribution is -0.142. The molecule has 7 rings (SSSR count). The van der Waals surface area contributed by atoms with Gasteiger partial charge in [-0.2, -0.15) is 0 Å². The van der Waals surface area contributed by atoms with Crippen LogP contribution < -0.4 is 9.80 Å². The molecule has 2 bridgehead atoms. The number of anilines is 2. The molecule has 250 valence electrons. The van der Waals surface area contributed by atoms with Gasteiger partial charge in [-0.05, 0) is 60.4 Å². The van der Waals surface area contributed by atoms with Crippen molar-refractivity contribution in [2.45, 2.75) is 41.3 Å². The van der Waals surface area contributed by atoms with Crippen LogP contribution in [-0.2, 0) is 14.4 Å². The third-order valence-corrected chi connectivity index (χ3v) is 12.7. The molecule has 2 unspecified atom stereocenters. The molecule has 4 aromatic carbocycles. The molecular weight excluding hydrogens is 631 g/mol. The molecular formula is C41H41N3O4S. The van der Waals surface area contributed by atoms with Crippen molar-refractivity contribution in [3.63, 3.8) is 0 Å². The van der Waals surface area contributed by atoms with Crippen LogP contribution in [0, 0.1) is 11.8 Å². The number of thioether (sulfide) groups is 1. The number of aliphatic hydroxyl groups excluding tert-OH is 1. The number of hydrogen-bond donors (Lipinski definition) is 1. The normalized spacial score (nSPS) is 26.0. The second-order valence-electron chi connectivity index (χ2n) is 13.4. The number of fused-ring (bicyclic) bond motifs is 2. The molecule has 0 radical (unpaired) electrons. The van der Waals surface area contributed by atoms with Crippen molar-refractivity contribution in [3.8, 4) is 0 Å². The smallest absolute Gasteiger partial charge is 0.251 e. The van der Waals surface area contributed by atoms with E-state index in [2.05, 4.69) is 20.1 Å². The third-order valence-electron chi connectivity index (χ3n) is 10.7. The first kappa shape index (κ1) is 32.9. The van der Waals surface area contributed by atoms with E-state index in [0.29, 0.717) is 25.1 Å². The van der Waals surface area contributed by atoms with E-state index in [9.17, 15) is 9.90 Å². The summed E-state index contributed by atoms with van der Waals surface area (Å²) in [6.07, 6.45) is 4.68. The Bertz CT molecular complexity index is 1920. The Morgan fingerprint density at radius 3 is 2.12 bits per heavy atom. The quantitative estimate of drug-likeness (QED) is 0.178. The minimum absolute atomic E-state index is 0.146. The number of likely N-dealkylation sites (tertiary alicyclic amines) is 1. The van der Waals surface area contributed by atoms with E-state index in [1.807, 2.05) is 103 Å². The van der Waals surface area contributed by atoms with Crippen LogP contribution in [0.5, 0.6) is 0 Å². The zero-order valence-electron chi connectivity index (χ0n) is 27.7. The molecule has 0 saturated carbocycles. The summed E-state index contributed by atoms with van der Waals surface area (Å²) in [7, 11) is 0. The van der Waals surface area contributed by atoms with Crippen LogP contribution in [0.4, 0.5) is 11.4 Å². The molecule has 1 spiro atoms. The molecule has 3 aliphatic heterocycles. The number of carbonyl (C=O) groups is 3. The van der Waals surface area contributed by atoms with Crippen molar-refractivity contribution in [1.29, 1.82) is 0 Å². The van der Waals surface area contributed by atoms with Gasteiger partial charge >= 0.3 is 0 Å². The summed E-state index contributed by atoms with van der Waals surface area (Å²) in [6, 6.07) is 31.1. The van der Waals surface area contributed by atoms with Crippen molar-refractivity contribution in [2.75, 3.05) is 29.5 Å². The minimum atomic E-state index is -0.928. The van der Waals surface area contributed by atoms with Crippen LogP contribution >= 0.6 is 11.8 Å². The second-order valence-corrected chi connectivity index (χ2v) is 15.3. The number of hydrogen-bond acceptors (Lipinski definition) is 5. The zero-order chi connectivity index (χ0) is 34.3. The van der Waals surface area contributed by atoms with E-state index < -0.39 is 33.4 Å². The Morgan fingerprint density at radius 1 is 0.857 bits per heavy atom. The molecule has 0 aromatic heterocycles. The van der Waals surface area contributed by atoms with Gasteiger partial charge in [-0.1, -0.05) is 91.0 Å². The summed E-state index contributed by atoms with van der Waals surface area (Å²) in [5.41, 5.74) is 2.17. The van der Waals surface area contributed by atoms with Gasteiger partial charge in [0, 0.05) is 29.2 Å². The maximum Gasteiger partial charge on any atom is 0.251 e. The number of nitrogens with zero attached hydrogens (tertiary/aromatic N) is 3. The van der Waals surface area contributed by atoms with Gasteiger partial charge in [-0.25, -0.2) is 0 Å². The largest absolute Gasteiger partial charge is 0.394 e. The Labute approximate surface area is 291 Å². The molecule has 49 heavy (non-hydrogen) atoms. The van der Waals surface area contributed by atoms with Gasteiger partial charge in [-0.3, -0.25) is 14.4 Å². The third kappa shape index (κ3) is 5.29. The minimum Gasteiger partial charge on any atom is -0.394 e. The molecule has 3 saturated heterocycles. The zero-order valence-corrected chi connectivity index (χ0v) is 28.5. The molecule has 4 aromatic rings. The van der Waals surface area contributed by atoms with Crippen molar-refractivity contribution >= 4 is 51.6 Å². The Hall–Kier alpha value is -4.66. The van der Waals surface area contributed by atoms with Gasteiger partial charge in [0.05, 0.1) is 29.2 Å². The summed E-state index contributed by atoms with van der Waals surface area (Å²) in [4.78, 5) is 50.3. The number of carbonyl (C=O) groups excluding carboxylic acids is 3. The highest BCUT2D eigenvalue weighted by molar-refractivity contribution is 8.02. The summed E-state index contributed by atoms with van der Waals surface area (Å²) < 4.78 is -1.44. The van der Waals surface area contributed by atoms with Crippen LogP contribution in [0.1, 0.15) is 31.4 Å². The van der Waals surface area contributed by atoms with E-state index in [1.54, 1.807) is 38.6 Å². The van der Waals surface area contributed by atoms with E-state index in [1.165, 1.54) is 0 Å². The van der Waals surface area contributed by atoms with Crippen LogP contribution in [-0.4, -0.2) is 63.0 Å². The monoisotopic (exact) mass is 671 g/mol. The predicted octanol–water partition coefficient (Wildman–Crippen LogP) is 6.79. The Morgan fingerprint density at radius 2 is 1.47 bits per heavy atom. The fourth-order valence-electron chi connectivity index (χ4n) is 8.56. The van der Waals surface area contributed by atoms with E-state index in [0.717, 1.165) is 22.0 Å². The highest BCUT2D eigenvalue weighted by atomic mass is 32.2. The predicted molar refractivity (Wildman–Crippen MR) is 197 cm³/mol. The van der Waals surface area contributed by atoms with Crippen LogP contribution in [0.2, 0.25) is 0 Å². The van der Waals surface area contributed by atoms with Crippen LogP contribution in [0.25, 0.3) is 10.8 Å². The van der Waals surface area contributed by atoms with E-state index in [-0.39, 0.29) is 30.9 Å². The van der Waals surface area contributed by atoms with Crippen molar-refractivity contribution in [2.24, 2.45) is 11.8 Å². The van der Waals surface area contributed by atoms with Gasteiger partial charge in [0.25, 0.3) is 5.91 Å². The Kier molecular flexibility index (Phi) is 8.71. The molecule has 1 N–H and O–H groups in total. The lowest BCUT2D eigenvalue weighted by Gasteiger charge is -2.39. The fourth-order valence-corrected chi connectivity index (χ4v) is 10.9. The lowest BCUT2D eigenvalue weighted by Crippen LogP contribution is -2.56. The summed E-state index contributed by atoms with van der Waals surface area (Å²) in [5, 5.41) is 13.0. The SMILES string of the molecule is C=CCN(C(=O)C1N([C@H](CO)c2ccccc2)C(=O)[C@@H]2[C@H](C(=O)N(CC=C)c3ccccc3)[C@]3(C)CCC12S3)c1ccc2ccccc2c1. The van der Waals surface area contributed by atoms with Gasteiger partial charge in [0.15, 0.2) is 0 Å². The molecule has 3 fully saturated rings. The lowest BCUT2D eigenvalue weighted by atomic mass is 9.66. The standard InChI is InChI=1S/C41H41N3O4S/c1-4-24-42(31-18-10-7-11-19-31)37(46)34-35-38(47)44(33(27-45)29-15-8-6-9-16-29)36(41(35)23-22-40(34,3)49-41)39(48)43(25-5-2)32-21-20-28-14-12-13-17-30(28)26-32/h4-21,26,33-36,45H,1-2,22-25,27H2,3H3/t33-,34-,35+,36?,40+,41?/m1/s1. The second kappa shape index (κ2) is 13.0. The maximum atomic E-state index is 15.3. The molecule has 8 heteroatoms. The number of amides is 3. The number of rotatable bonds is 11. The van der Waals surface area contributed by atoms with Crippen LogP contribution in [0.15, 0.2) is 128 Å². The van der Waals surface area contributed by atoms with Gasteiger partial charge < -0.3 is 19.8 Å². The fraction of sp³-hybridized carbons (Fsp3) is 0.293. The first-order chi connectivity index (χ1) is 23.8. The molecule has 3 heterocycles. The average Bonchev–Trinajstić information content (AvgIpc) is 3.70. The highest BCUT2D eigenvalue weighted by Gasteiger charge is 2.78. The molecule has 7 nitrogen and oxygen atoms in total. The van der Waals surface area contributed by atoms with Crippen molar-refractivity contribution in [3.05, 3.63) is 134 Å². The summed E-state index contributed by atoms with van der Waals surface area (Å²) in [6.45, 7) is 10.1. The summed E-state index contributed by atoms with van der Waals surface area (Å²) in [5.74, 6) is -2.08. The average molecular weight is 672 g/mol. The van der Waals surface area contributed by atoms with Gasteiger partial charge in [-0.15, -0.1) is 24.9 Å². The van der Waals surface area contributed by atoms with E-state index >= 15 is 9.59 Å².